The SMILES string of the molecule is CCOC(=O)[C@H]1CC[C@H](n2ncc(C(=O)N(Cc3ccc(F)cc3)CC(O)c3c(Cl)cncc3Cl)c2C(F)(F)F)CC1. The number of aliphatic hydroxyl groups is 1. The number of amides is 1. The van der Waals surface area contributed by atoms with E-state index in [2.05, 4.69) is 10.1 Å². The molecule has 4 rings (SSSR count). The molecule has 0 saturated heterocycles. The van der Waals surface area contributed by atoms with E-state index in [1.165, 1.54) is 24.5 Å². The minimum Gasteiger partial charge on any atom is -0.466 e. The number of rotatable bonds is 9. The molecule has 1 aliphatic rings. The molecular weight excluding hydrogens is 603 g/mol. The summed E-state index contributed by atoms with van der Waals surface area (Å²) in [5.74, 6) is -2.39. The standard InChI is InChI=1S/C28H28Cl2F4N4O4/c1-2-42-27(41)17-5-9-19(10-6-17)38-25(28(32,33)34)20(11-36-38)26(40)37(14-16-3-7-18(31)8-4-16)15-23(39)24-21(29)12-35-13-22(24)30/h3-4,7-8,11-13,17,19,23,39H,2,5-6,9-10,14-15H2,1H3/t17-,19-,23?. The van der Waals surface area contributed by atoms with Gasteiger partial charge in [0.15, 0.2) is 5.69 Å². The second kappa shape index (κ2) is 13.4. The van der Waals surface area contributed by atoms with Crippen molar-refractivity contribution in [2.45, 2.75) is 57.5 Å². The van der Waals surface area contributed by atoms with E-state index in [1.807, 2.05) is 0 Å². The molecule has 1 atom stereocenters. The number of benzene rings is 1. The van der Waals surface area contributed by atoms with Crippen LogP contribution in [0.25, 0.3) is 0 Å². The molecule has 8 nitrogen and oxygen atoms in total. The normalized spacial score (nSPS) is 18.0. The number of ether oxygens (including phenoxy) is 1. The topological polar surface area (TPSA) is 97.6 Å². The number of halogens is 6. The number of esters is 1. The maximum Gasteiger partial charge on any atom is 0.433 e. The van der Waals surface area contributed by atoms with Crippen molar-refractivity contribution in [3.63, 3.8) is 0 Å². The maximum absolute atomic E-state index is 14.5. The van der Waals surface area contributed by atoms with Crippen LogP contribution in [0.3, 0.4) is 0 Å². The molecule has 1 aliphatic carbocycles. The molecule has 3 aromatic rings. The molecule has 226 valence electrons. The van der Waals surface area contributed by atoms with Gasteiger partial charge >= 0.3 is 12.1 Å². The predicted molar refractivity (Wildman–Crippen MR) is 145 cm³/mol. The van der Waals surface area contributed by atoms with E-state index in [-0.39, 0.29) is 47.6 Å². The van der Waals surface area contributed by atoms with Gasteiger partial charge in [0.05, 0.1) is 53.0 Å². The van der Waals surface area contributed by atoms with Crippen molar-refractivity contribution in [3.05, 3.63) is 81.1 Å². The fourth-order valence-electron chi connectivity index (χ4n) is 5.13. The number of carbonyl (C=O) groups is 2. The van der Waals surface area contributed by atoms with Crippen LogP contribution in [0, 0.1) is 11.7 Å². The monoisotopic (exact) mass is 630 g/mol. The Morgan fingerprint density at radius 1 is 1.10 bits per heavy atom. The van der Waals surface area contributed by atoms with Crippen LogP contribution in [0.2, 0.25) is 10.0 Å². The first-order chi connectivity index (χ1) is 19.9. The van der Waals surface area contributed by atoms with Crippen molar-refractivity contribution < 1.29 is 37.0 Å². The van der Waals surface area contributed by atoms with Crippen LogP contribution in [0.1, 0.15) is 71.9 Å². The maximum atomic E-state index is 14.5. The number of alkyl halides is 3. The van der Waals surface area contributed by atoms with Gasteiger partial charge in [-0.05, 0) is 50.3 Å². The number of hydrogen-bond acceptors (Lipinski definition) is 6. The number of nitrogens with zero attached hydrogens (tertiary/aromatic N) is 4. The molecule has 1 amide bonds. The minimum atomic E-state index is -4.95. The van der Waals surface area contributed by atoms with E-state index in [0.717, 1.165) is 27.9 Å². The summed E-state index contributed by atoms with van der Waals surface area (Å²) in [5, 5.41) is 15.0. The van der Waals surface area contributed by atoms with Crippen LogP contribution in [-0.4, -0.2) is 49.8 Å². The molecule has 1 saturated carbocycles. The Balaban J connectivity index is 1.66. The second-order valence-electron chi connectivity index (χ2n) is 9.95. The highest BCUT2D eigenvalue weighted by Crippen LogP contribution is 2.40. The smallest absolute Gasteiger partial charge is 0.433 e. The van der Waals surface area contributed by atoms with Crippen LogP contribution >= 0.6 is 23.2 Å². The van der Waals surface area contributed by atoms with E-state index in [9.17, 15) is 32.3 Å². The van der Waals surface area contributed by atoms with Crippen LogP contribution in [-0.2, 0) is 22.3 Å². The summed E-state index contributed by atoms with van der Waals surface area (Å²) in [6.07, 6.45) is -1.99. The number of pyridine rings is 1. The number of aromatic nitrogens is 3. The highest BCUT2D eigenvalue weighted by molar-refractivity contribution is 6.35. The summed E-state index contributed by atoms with van der Waals surface area (Å²) in [7, 11) is 0. The summed E-state index contributed by atoms with van der Waals surface area (Å²) in [6, 6.07) is 4.36. The van der Waals surface area contributed by atoms with E-state index in [4.69, 9.17) is 27.9 Å². The first-order valence-electron chi connectivity index (χ1n) is 13.2. The molecule has 0 spiro atoms. The first-order valence-corrected chi connectivity index (χ1v) is 14.0. The Bertz CT molecular complexity index is 1390. The van der Waals surface area contributed by atoms with Gasteiger partial charge in [-0.1, -0.05) is 35.3 Å². The van der Waals surface area contributed by atoms with Gasteiger partial charge < -0.3 is 14.7 Å². The summed E-state index contributed by atoms with van der Waals surface area (Å²) in [6.45, 7) is 1.14. The lowest BCUT2D eigenvalue weighted by Gasteiger charge is -2.29. The lowest BCUT2D eigenvalue weighted by Crippen LogP contribution is -2.36. The summed E-state index contributed by atoms with van der Waals surface area (Å²) >= 11 is 12.3. The minimum absolute atomic E-state index is 0.00593. The molecule has 42 heavy (non-hydrogen) atoms. The third kappa shape index (κ3) is 7.22. The third-order valence-corrected chi connectivity index (χ3v) is 7.75. The molecule has 1 N–H and O–H groups in total. The molecule has 2 heterocycles. The Morgan fingerprint density at radius 3 is 2.29 bits per heavy atom. The van der Waals surface area contributed by atoms with Crippen LogP contribution in [0.4, 0.5) is 17.6 Å². The molecule has 0 radical (unpaired) electrons. The largest absolute Gasteiger partial charge is 0.466 e. The fraction of sp³-hybridized carbons (Fsp3) is 0.429. The third-order valence-electron chi connectivity index (χ3n) is 7.15. The summed E-state index contributed by atoms with van der Waals surface area (Å²) in [5.41, 5.74) is -1.49. The van der Waals surface area contributed by atoms with E-state index in [1.54, 1.807) is 6.92 Å². The summed E-state index contributed by atoms with van der Waals surface area (Å²) in [4.78, 5) is 30.7. The zero-order chi connectivity index (χ0) is 30.6. The molecule has 1 aromatic carbocycles. The lowest BCUT2D eigenvalue weighted by molar-refractivity contribution is -0.151. The molecule has 0 bridgehead atoms. The van der Waals surface area contributed by atoms with E-state index >= 15 is 0 Å². The van der Waals surface area contributed by atoms with Crippen molar-refractivity contribution in [1.82, 2.24) is 19.7 Å². The van der Waals surface area contributed by atoms with Crippen molar-refractivity contribution in [1.29, 1.82) is 0 Å². The molecule has 1 unspecified atom stereocenters. The van der Waals surface area contributed by atoms with Gasteiger partial charge in [-0.25, -0.2) is 4.39 Å². The van der Waals surface area contributed by atoms with Crippen LogP contribution in [0.5, 0.6) is 0 Å². The van der Waals surface area contributed by atoms with Gasteiger partial charge in [-0.3, -0.25) is 19.3 Å². The Kier molecular flexibility index (Phi) is 10.1. The van der Waals surface area contributed by atoms with Gasteiger partial charge in [-0.15, -0.1) is 0 Å². The quantitative estimate of drug-likeness (QED) is 0.217. The number of carbonyl (C=O) groups excluding carboxylic acids is 2. The van der Waals surface area contributed by atoms with Crippen molar-refractivity contribution >= 4 is 35.1 Å². The molecule has 14 heteroatoms. The first kappa shape index (κ1) is 31.7. The lowest BCUT2D eigenvalue weighted by atomic mass is 9.86. The summed E-state index contributed by atoms with van der Waals surface area (Å²) < 4.78 is 62.8. The average molecular weight is 631 g/mol. The molecular formula is C28H28Cl2F4N4O4. The Morgan fingerprint density at radius 2 is 1.71 bits per heavy atom. The Hall–Kier alpha value is -3.22. The zero-order valence-corrected chi connectivity index (χ0v) is 24.0. The van der Waals surface area contributed by atoms with Crippen molar-refractivity contribution in [2.75, 3.05) is 13.2 Å². The number of aliphatic hydroxyl groups excluding tert-OH is 1. The number of hydrogen-bond donors (Lipinski definition) is 1. The van der Waals surface area contributed by atoms with Crippen LogP contribution < -0.4 is 0 Å². The van der Waals surface area contributed by atoms with E-state index in [0.29, 0.717) is 18.4 Å². The molecule has 1 fully saturated rings. The second-order valence-corrected chi connectivity index (χ2v) is 10.8. The van der Waals surface area contributed by atoms with Crippen molar-refractivity contribution in [3.8, 4) is 0 Å². The Labute approximate surface area is 249 Å². The predicted octanol–water partition coefficient (Wildman–Crippen LogP) is 6.41. The van der Waals surface area contributed by atoms with Gasteiger partial charge in [0.2, 0.25) is 0 Å². The zero-order valence-electron chi connectivity index (χ0n) is 22.5. The van der Waals surface area contributed by atoms with Gasteiger partial charge in [-0.2, -0.15) is 18.3 Å². The van der Waals surface area contributed by atoms with Crippen LogP contribution in [0.15, 0.2) is 42.9 Å². The van der Waals surface area contributed by atoms with E-state index < -0.39 is 53.8 Å². The highest BCUT2D eigenvalue weighted by atomic mass is 35.5. The molecule has 0 aliphatic heterocycles. The fourth-order valence-corrected chi connectivity index (χ4v) is 5.75. The average Bonchev–Trinajstić information content (AvgIpc) is 3.40. The molecule has 2 aromatic heterocycles. The van der Waals surface area contributed by atoms with Gasteiger partial charge in [0, 0.05) is 24.5 Å². The van der Waals surface area contributed by atoms with Crippen molar-refractivity contribution in [2.24, 2.45) is 5.92 Å². The van der Waals surface area contributed by atoms with Gasteiger partial charge in [0.1, 0.15) is 5.82 Å². The highest BCUT2D eigenvalue weighted by Gasteiger charge is 2.43. The van der Waals surface area contributed by atoms with Gasteiger partial charge in [0.25, 0.3) is 5.91 Å².